The van der Waals surface area contributed by atoms with Gasteiger partial charge in [0.15, 0.2) is 0 Å². The maximum absolute atomic E-state index is 12.4. The smallest absolute Gasteiger partial charge is 0.234 e. The Labute approximate surface area is 167 Å². The maximum Gasteiger partial charge on any atom is 0.234 e. The third kappa shape index (κ3) is 4.18. The number of aromatic nitrogens is 1. The van der Waals surface area contributed by atoms with Crippen LogP contribution >= 0.6 is 11.8 Å². The molecule has 0 spiro atoms. The van der Waals surface area contributed by atoms with Crippen molar-refractivity contribution < 1.29 is 14.3 Å². The number of nitrogens with one attached hydrogen (secondary N) is 1. The number of pyridine rings is 1. The summed E-state index contributed by atoms with van der Waals surface area (Å²) in [5.41, 5.74) is 2.83. The first-order valence-electron chi connectivity index (χ1n) is 8.51. The number of anilines is 1. The van der Waals surface area contributed by atoms with Crippen LogP contribution in [0, 0.1) is 18.3 Å². The first kappa shape index (κ1) is 19.5. The van der Waals surface area contributed by atoms with E-state index < -0.39 is 0 Å². The van der Waals surface area contributed by atoms with Crippen LogP contribution in [0.1, 0.15) is 11.1 Å². The Morgan fingerprint density at radius 2 is 2.04 bits per heavy atom. The van der Waals surface area contributed by atoms with Crippen molar-refractivity contribution >= 4 is 34.3 Å². The van der Waals surface area contributed by atoms with Gasteiger partial charge in [-0.15, -0.1) is 0 Å². The van der Waals surface area contributed by atoms with Gasteiger partial charge in [0.2, 0.25) is 5.91 Å². The lowest BCUT2D eigenvalue weighted by atomic mass is 10.1. The van der Waals surface area contributed by atoms with Crippen LogP contribution in [0.15, 0.2) is 47.5 Å². The van der Waals surface area contributed by atoms with Crippen molar-refractivity contribution in [3.63, 3.8) is 0 Å². The summed E-state index contributed by atoms with van der Waals surface area (Å²) in [6, 6.07) is 15.0. The third-order valence-corrected chi connectivity index (χ3v) is 5.14. The number of thioether (sulfide) groups is 1. The Morgan fingerprint density at radius 3 is 2.75 bits per heavy atom. The molecule has 3 aromatic rings. The van der Waals surface area contributed by atoms with Crippen molar-refractivity contribution in [3.8, 4) is 17.6 Å². The molecule has 2 aromatic carbocycles. The molecule has 7 heteroatoms. The standard InChI is InChI=1S/C21H19N3O3S/c1-13-5-4-6-14-9-15(11-22)21(24-20(13)14)28-12-19(25)23-17-10-16(26-2)7-8-18(17)27-3/h4-10H,12H2,1-3H3,(H,23,25). The first-order chi connectivity index (χ1) is 13.5. The molecule has 0 saturated heterocycles. The second-order valence-corrected chi connectivity index (χ2v) is 6.97. The summed E-state index contributed by atoms with van der Waals surface area (Å²) in [5.74, 6) is 1.03. The van der Waals surface area contributed by atoms with Gasteiger partial charge in [0.1, 0.15) is 22.6 Å². The lowest BCUT2D eigenvalue weighted by molar-refractivity contribution is -0.113. The van der Waals surface area contributed by atoms with Gasteiger partial charge in [-0.3, -0.25) is 4.79 Å². The summed E-state index contributed by atoms with van der Waals surface area (Å²) < 4.78 is 10.5. The number of rotatable bonds is 6. The van der Waals surface area contributed by atoms with Crippen LogP contribution in [0.4, 0.5) is 5.69 Å². The molecule has 0 aliphatic rings. The molecule has 1 N–H and O–H groups in total. The largest absolute Gasteiger partial charge is 0.497 e. The van der Waals surface area contributed by atoms with Gasteiger partial charge in [0.25, 0.3) is 0 Å². The molecule has 0 bridgehead atoms. The number of hydrogen-bond acceptors (Lipinski definition) is 6. The summed E-state index contributed by atoms with van der Waals surface area (Å²) >= 11 is 1.23. The molecule has 0 aliphatic carbocycles. The molecule has 0 unspecified atom stereocenters. The third-order valence-electron chi connectivity index (χ3n) is 4.15. The van der Waals surface area contributed by atoms with Gasteiger partial charge in [-0.05, 0) is 30.7 Å². The molecular formula is C21H19N3O3S. The van der Waals surface area contributed by atoms with Crippen molar-refractivity contribution in [2.75, 3.05) is 25.3 Å². The van der Waals surface area contributed by atoms with Crippen LogP contribution in [-0.4, -0.2) is 30.9 Å². The summed E-state index contributed by atoms with van der Waals surface area (Å²) in [6.45, 7) is 1.97. The number of carbonyl (C=O) groups excluding carboxylic acids is 1. The second-order valence-electron chi connectivity index (χ2n) is 6.00. The summed E-state index contributed by atoms with van der Waals surface area (Å²) in [4.78, 5) is 17.0. The Hall–Kier alpha value is -3.24. The molecule has 1 aromatic heterocycles. The molecule has 1 amide bonds. The lowest BCUT2D eigenvalue weighted by Crippen LogP contribution is -2.15. The van der Waals surface area contributed by atoms with Crippen molar-refractivity contribution in [1.29, 1.82) is 5.26 Å². The van der Waals surface area contributed by atoms with Gasteiger partial charge in [-0.1, -0.05) is 30.0 Å². The van der Waals surface area contributed by atoms with E-state index in [1.54, 1.807) is 31.4 Å². The molecule has 3 rings (SSSR count). The molecule has 0 saturated carbocycles. The highest BCUT2D eigenvalue weighted by Gasteiger charge is 2.13. The van der Waals surface area contributed by atoms with Crippen LogP contribution in [0.2, 0.25) is 0 Å². The van der Waals surface area contributed by atoms with E-state index in [1.165, 1.54) is 18.9 Å². The van der Waals surface area contributed by atoms with E-state index in [1.807, 2.05) is 25.1 Å². The van der Waals surface area contributed by atoms with Crippen molar-refractivity contribution in [1.82, 2.24) is 4.98 Å². The Morgan fingerprint density at radius 1 is 1.21 bits per heavy atom. The SMILES string of the molecule is COc1ccc(OC)c(NC(=O)CSc2nc3c(C)cccc3cc2C#N)c1. The van der Waals surface area contributed by atoms with Crippen molar-refractivity contribution in [2.45, 2.75) is 11.9 Å². The number of fused-ring (bicyclic) bond motifs is 1. The molecule has 0 atom stereocenters. The number of benzene rings is 2. The predicted molar refractivity (Wildman–Crippen MR) is 110 cm³/mol. The van der Waals surface area contributed by atoms with Crippen LogP contribution in [0.5, 0.6) is 11.5 Å². The highest BCUT2D eigenvalue weighted by molar-refractivity contribution is 8.00. The Kier molecular flexibility index (Phi) is 6.02. The summed E-state index contributed by atoms with van der Waals surface area (Å²) in [7, 11) is 3.09. The second kappa shape index (κ2) is 8.63. The van der Waals surface area contributed by atoms with Gasteiger partial charge in [0, 0.05) is 11.5 Å². The topological polar surface area (TPSA) is 84.2 Å². The van der Waals surface area contributed by atoms with Gasteiger partial charge < -0.3 is 14.8 Å². The van der Waals surface area contributed by atoms with E-state index in [9.17, 15) is 10.1 Å². The fourth-order valence-electron chi connectivity index (χ4n) is 2.75. The zero-order chi connectivity index (χ0) is 20.1. The van der Waals surface area contributed by atoms with E-state index in [-0.39, 0.29) is 11.7 Å². The number of amides is 1. The van der Waals surface area contributed by atoms with Gasteiger partial charge in [-0.25, -0.2) is 4.98 Å². The van der Waals surface area contributed by atoms with Crippen LogP contribution in [-0.2, 0) is 4.79 Å². The Balaban J connectivity index is 1.78. The molecule has 28 heavy (non-hydrogen) atoms. The van der Waals surface area contributed by atoms with E-state index >= 15 is 0 Å². The minimum Gasteiger partial charge on any atom is -0.497 e. The number of nitrogens with zero attached hydrogens (tertiary/aromatic N) is 2. The summed E-state index contributed by atoms with van der Waals surface area (Å²) in [6.07, 6.45) is 0. The maximum atomic E-state index is 12.4. The van der Waals surface area contributed by atoms with Crippen LogP contribution in [0.25, 0.3) is 10.9 Å². The minimum absolute atomic E-state index is 0.111. The average molecular weight is 393 g/mol. The molecular weight excluding hydrogens is 374 g/mol. The quantitative estimate of drug-likeness (QED) is 0.633. The van der Waals surface area contributed by atoms with Crippen molar-refractivity contribution in [2.24, 2.45) is 0 Å². The lowest BCUT2D eigenvalue weighted by Gasteiger charge is -2.12. The van der Waals surface area contributed by atoms with E-state index in [4.69, 9.17) is 9.47 Å². The van der Waals surface area contributed by atoms with E-state index in [0.29, 0.717) is 27.8 Å². The van der Waals surface area contributed by atoms with Crippen LogP contribution < -0.4 is 14.8 Å². The van der Waals surface area contributed by atoms with Gasteiger partial charge >= 0.3 is 0 Å². The fourth-order valence-corrected chi connectivity index (χ4v) is 3.51. The minimum atomic E-state index is -0.230. The average Bonchev–Trinajstić information content (AvgIpc) is 2.72. The van der Waals surface area contributed by atoms with E-state index in [0.717, 1.165) is 16.5 Å². The zero-order valence-corrected chi connectivity index (χ0v) is 16.6. The molecule has 0 fully saturated rings. The highest BCUT2D eigenvalue weighted by atomic mass is 32.2. The zero-order valence-electron chi connectivity index (χ0n) is 15.8. The number of aryl methyl sites for hydroxylation is 1. The number of ether oxygens (including phenoxy) is 2. The highest BCUT2D eigenvalue weighted by Crippen LogP contribution is 2.30. The van der Waals surface area contributed by atoms with Gasteiger partial charge in [-0.2, -0.15) is 5.26 Å². The number of methoxy groups -OCH3 is 2. The predicted octanol–water partition coefficient (Wildman–Crippen LogP) is 4.16. The number of hydrogen-bond donors (Lipinski definition) is 1. The monoisotopic (exact) mass is 393 g/mol. The Bertz CT molecular complexity index is 1080. The van der Waals surface area contributed by atoms with E-state index in [2.05, 4.69) is 16.4 Å². The van der Waals surface area contributed by atoms with Crippen LogP contribution in [0.3, 0.4) is 0 Å². The number of nitriles is 1. The first-order valence-corrected chi connectivity index (χ1v) is 9.49. The van der Waals surface area contributed by atoms with Gasteiger partial charge in [0.05, 0.1) is 36.7 Å². The molecule has 0 radical (unpaired) electrons. The molecule has 1 heterocycles. The molecule has 6 nitrogen and oxygen atoms in total. The fraction of sp³-hybridized carbons (Fsp3) is 0.190. The molecule has 0 aliphatic heterocycles. The molecule has 142 valence electrons. The number of para-hydroxylation sites is 1. The normalized spacial score (nSPS) is 10.4. The number of carbonyl (C=O) groups is 1. The summed E-state index contributed by atoms with van der Waals surface area (Å²) in [5, 5.41) is 13.7. The van der Waals surface area contributed by atoms with Crippen molar-refractivity contribution in [3.05, 3.63) is 53.6 Å².